The average Bonchev–Trinajstić information content (AvgIpc) is 2.42. The minimum Gasteiger partial charge on any atom is -0.330 e. The first-order chi connectivity index (χ1) is 10.3. The van der Waals surface area contributed by atoms with Crippen molar-refractivity contribution in [3.05, 3.63) is 29.8 Å². The number of benzene rings is 1. The van der Waals surface area contributed by atoms with Crippen LogP contribution in [-0.2, 0) is 23.2 Å². The summed E-state index contributed by atoms with van der Waals surface area (Å²) in [5.41, 5.74) is 6.21. The van der Waals surface area contributed by atoms with Gasteiger partial charge in [0.25, 0.3) is 0 Å². The van der Waals surface area contributed by atoms with Gasteiger partial charge in [0.1, 0.15) is 0 Å². The van der Waals surface area contributed by atoms with E-state index in [0.29, 0.717) is 13.0 Å². The lowest BCUT2D eigenvalue weighted by Crippen LogP contribution is -2.07. The predicted molar refractivity (Wildman–Crippen MR) is 82.7 cm³/mol. The maximum atomic E-state index is 11.9. The summed E-state index contributed by atoms with van der Waals surface area (Å²) >= 11 is 0. The summed E-state index contributed by atoms with van der Waals surface area (Å²) in [4.78, 5) is 9.29. The fourth-order valence-electron chi connectivity index (χ4n) is 1.67. The van der Waals surface area contributed by atoms with Crippen LogP contribution in [0.5, 0.6) is 0 Å². The lowest BCUT2D eigenvalue weighted by atomic mass is 10.2. The van der Waals surface area contributed by atoms with Crippen molar-refractivity contribution < 1.29 is 26.4 Å². The summed E-state index contributed by atoms with van der Waals surface area (Å²) in [5.74, 6) is 0. The molecule has 0 radical (unpaired) electrons. The van der Waals surface area contributed by atoms with Crippen LogP contribution in [0.4, 0.5) is 0 Å². The largest absolute Gasteiger partial charge is 0.487 e. The van der Waals surface area contributed by atoms with Crippen LogP contribution >= 0.6 is 7.82 Å². The zero-order valence-electron chi connectivity index (χ0n) is 12.5. The van der Waals surface area contributed by atoms with Crippen LogP contribution < -0.4 is 5.73 Å². The van der Waals surface area contributed by atoms with Gasteiger partial charge in [-0.1, -0.05) is 30.5 Å². The van der Waals surface area contributed by atoms with Crippen molar-refractivity contribution in [2.24, 2.45) is 5.73 Å². The second-order valence-corrected chi connectivity index (χ2v) is 8.02. The van der Waals surface area contributed by atoms with Crippen molar-refractivity contribution in [3.63, 3.8) is 0 Å². The maximum Gasteiger partial charge on any atom is 0.487 e. The van der Waals surface area contributed by atoms with Gasteiger partial charge < -0.3 is 10.6 Å². The number of phosphoric ester groups is 1. The van der Waals surface area contributed by atoms with E-state index in [4.69, 9.17) is 5.73 Å². The van der Waals surface area contributed by atoms with Gasteiger partial charge in [-0.25, -0.2) is 4.57 Å². The fraction of sp³-hybridized carbons (Fsp3) is 0.538. The number of unbranched alkanes of at least 4 members (excludes halogenated alkanes) is 3. The van der Waals surface area contributed by atoms with Gasteiger partial charge in [-0.15, -0.1) is 0 Å². The standard InChI is InChI=1S/C13H22NO6PS/c1-12-6-8-13(9-7-12)22(17,18)20-21(15,16)19-11-5-3-2-4-10-14/h6-9H,2-5,10-11,14H2,1H3,(H,15,16). The van der Waals surface area contributed by atoms with Crippen molar-refractivity contribution in [1.29, 1.82) is 0 Å². The molecule has 0 spiro atoms. The Labute approximate surface area is 131 Å². The monoisotopic (exact) mass is 351 g/mol. The number of aryl methyl sites for hydroxylation is 1. The molecule has 1 atom stereocenters. The Hall–Kier alpha value is -0.760. The SMILES string of the molecule is Cc1ccc(S(=O)(=O)OP(=O)(O)OCCCCCCN)cc1. The minimum absolute atomic E-state index is 0.0538. The van der Waals surface area contributed by atoms with Crippen LogP contribution in [0.1, 0.15) is 31.2 Å². The minimum atomic E-state index is -4.66. The molecule has 0 saturated heterocycles. The van der Waals surface area contributed by atoms with E-state index in [1.165, 1.54) is 12.1 Å². The molecule has 22 heavy (non-hydrogen) atoms. The molecule has 1 rings (SSSR count). The first kappa shape index (κ1) is 19.3. The molecule has 0 fully saturated rings. The highest BCUT2D eigenvalue weighted by atomic mass is 32.2. The van der Waals surface area contributed by atoms with E-state index in [2.05, 4.69) is 8.49 Å². The quantitative estimate of drug-likeness (QED) is 0.491. The third-order valence-corrected chi connectivity index (χ3v) is 5.75. The van der Waals surface area contributed by atoms with E-state index in [0.717, 1.165) is 24.8 Å². The zero-order chi connectivity index (χ0) is 16.6. The third-order valence-electron chi connectivity index (χ3n) is 2.85. The summed E-state index contributed by atoms with van der Waals surface area (Å²) in [7, 11) is -9.00. The molecule has 9 heteroatoms. The molecule has 0 aliphatic carbocycles. The molecule has 1 unspecified atom stereocenters. The molecule has 0 aliphatic heterocycles. The Kier molecular flexibility index (Phi) is 7.68. The molecule has 126 valence electrons. The lowest BCUT2D eigenvalue weighted by molar-refractivity contribution is 0.201. The van der Waals surface area contributed by atoms with Crippen LogP contribution in [0.15, 0.2) is 29.2 Å². The van der Waals surface area contributed by atoms with E-state index in [1.54, 1.807) is 19.1 Å². The molecule has 0 amide bonds. The summed E-state index contributed by atoms with van der Waals surface area (Å²) < 4.78 is 44.4. The summed E-state index contributed by atoms with van der Waals surface area (Å²) in [6.45, 7) is 2.33. The second-order valence-electron chi connectivity index (χ2n) is 4.85. The van der Waals surface area contributed by atoms with Crippen molar-refractivity contribution in [3.8, 4) is 0 Å². The van der Waals surface area contributed by atoms with Gasteiger partial charge in [0.15, 0.2) is 0 Å². The number of hydrogen-bond donors (Lipinski definition) is 2. The third kappa shape index (κ3) is 7.00. The van der Waals surface area contributed by atoms with Crippen LogP contribution in [0.25, 0.3) is 0 Å². The van der Waals surface area contributed by atoms with Crippen molar-refractivity contribution >= 4 is 17.9 Å². The highest BCUT2D eigenvalue weighted by Gasteiger charge is 2.31. The number of phosphoric acid groups is 1. The van der Waals surface area contributed by atoms with Gasteiger partial charge >= 0.3 is 17.9 Å². The molecular weight excluding hydrogens is 329 g/mol. The van der Waals surface area contributed by atoms with Gasteiger partial charge in [-0.2, -0.15) is 12.4 Å². The Balaban J connectivity index is 2.52. The Morgan fingerprint density at radius 3 is 2.32 bits per heavy atom. The molecular formula is C13H22NO6PS. The van der Waals surface area contributed by atoms with Crippen LogP contribution in [0.3, 0.4) is 0 Å². The van der Waals surface area contributed by atoms with Gasteiger partial charge in [-0.05, 0) is 38.4 Å². The van der Waals surface area contributed by atoms with Crippen molar-refractivity contribution in [1.82, 2.24) is 0 Å². The summed E-state index contributed by atoms with van der Waals surface area (Å²) in [5, 5.41) is 0. The Morgan fingerprint density at radius 2 is 1.73 bits per heavy atom. The summed E-state index contributed by atoms with van der Waals surface area (Å²) in [6.07, 6.45) is 3.06. The molecule has 0 bridgehead atoms. The van der Waals surface area contributed by atoms with Gasteiger partial charge in [0.05, 0.1) is 11.5 Å². The Morgan fingerprint density at radius 1 is 1.14 bits per heavy atom. The van der Waals surface area contributed by atoms with Gasteiger partial charge in [-0.3, -0.25) is 4.52 Å². The zero-order valence-corrected chi connectivity index (χ0v) is 14.2. The van der Waals surface area contributed by atoms with E-state index in [1.807, 2.05) is 0 Å². The smallest absolute Gasteiger partial charge is 0.330 e. The van der Waals surface area contributed by atoms with Crippen molar-refractivity contribution in [2.45, 2.75) is 37.5 Å². The first-order valence-corrected chi connectivity index (χ1v) is 9.87. The highest BCUT2D eigenvalue weighted by Crippen LogP contribution is 2.46. The fourth-order valence-corrected chi connectivity index (χ4v) is 4.01. The lowest BCUT2D eigenvalue weighted by Gasteiger charge is -2.12. The van der Waals surface area contributed by atoms with E-state index >= 15 is 0 Å². The number of hydrogen-bond acceptors (Lipinski definition) is 6. The van der Waals surface area contributed by atoms with Gasteiger partial charge in [0.2, 0.25) is 0 Å². The second kappa shape index (κ2) is 8.76. The molecule has 7 nitrogen and oxygen atoms in total. The van der Waals surface area contributed by atoms with E-state index < -0.39 is 17.9 Å². The summed E-state index contributed by atoms with van der Waals surface area (Å²) in [6, 6.07) is 5.74. The molecule has 0 saturated carbocycles. The Bertz CT molecular complexity index is 601. The van der Waals surface area contributed by atoms with E-state index in [9.17, 15) is 17.9 Å². The molecule has 0 heterocycles. The van der Waals surface area contributed by atoms with Crippen LogP contribution in [0, 0.1) is 6.92 Å². The molecule has 0 aromatic heterocycles. The van der Waals surface area contributed by atoms with Crippen LogP contribution in [-0.4, -0.2) is 26.5 Å². The number of nitrogens with two attached hydrogens (primary N) is 1. The van der Waals surface area contributed by atoms with E-state index in [-0.39, 0.29) is 11.5 Å². The molecule has 1 aromatic rings. The number of rotatable bonds is 10. The molecule has 1 aromatic carbocycles. The predicted octanol–water partition coefficient (Wildman–Crippen LogP) is 2.34. The highest BCUT2D eigenvalue weighted by molar-refractivity contribution is 7.90. The normalized spacial score (nSPS) is 14.7. The molecule has 0 aliphatic rings. The first-order valence-electron chi connectivity index (χ1n) is 6.97. The van der Waals surface area contributed by atoms with Crippen molar-refractivity contribution in [2.75, 3.05) is 13.2 Å². The van der Waals surface area contributed by atoms with Gasteiger partial charge in [0, 0.05) is 0 Å². The molecule has 3 N–H and O–H groups in total. The average molecular weight is 351 g/mol. The van der Waals surface area contributed by atoms with Crippen LogP contribution in [0.2, 0.25) is 0 Å². The topological polar surface area (TPSA) is 116 Å². The maximum absolute atomic E-state index is 11.9.